The lowest BCUT2D eigenvalue weighted by atomic mass is 9.98. The molecule has 1 aromatic carbocycles. The van der Waals surface area contributed by atoms with Crippen LogP contribution in [0.25, 0.3) is 5.69 Å². The van der Waals surface area contributed by atoms with Gasteiger partial charge in [0.05, 0.1) is 17.3 Å². The predicted octanol–water partition coefficient (Wildman–Crippen LogP) is 3.72. The molecule has 1 aromatic heterocycles. The lowest BCUT2D eigenvalue weighted by molar-refractivity contribution is 0.0496. The molecule has 1 saturated heterocycles. The molecule has 0 N–H and O–H groups in total. The summed E-state index contributed by atoms with van der Waals surface area (Å²) in [6.45, 7) is 6.85. The van der Waals surface area contributed by atoms with E-state index in [0.717, 1.165) is 37.2 Å². The van der Waals surface area contributed by atoms with Gasteiger partial charge in [0.25, 0.3) is 5.91 Å². The number of aryl methyl sites for hydroxylation is 1. The van der Waals surface area contributed by atoms with Crippen LogP contribution in [0.15, 0.2) is 30.5 Å². The van der Waals surface area contributed by atoms with E-state index in [-0.39, 0.29) is 5.91 Å². The summed E-state index contributed by atoms with van der Waals surface area (Å²) in [5, 5.41) is 5.12. The number of piperidine rings is 1. The Morgan fingerprint density at radius 1 is 1.40 bits per heavy atom. The molecular formula is C19H24ClN3O2. The zero-order chi connectivity index (χ0) is 17.8. The van der Waals surface area contributed by atoms with Crippen LogP contribution in [0.4, 0.5) is 0 Å². The first-order chi connectivity index (χ1) is 12.1. The first-order valence-corrected chi connectivity index (χ1v) is 9.16. The maximum atomic E-state index is 12.9. The number of hydrogen-bond donors (Lipinski definition) is 0. The number of halogens is 1. The number of ether oxygens (including phenoxy) is 1. The SMILES string of the molecule is CCOCC1CCCN(C(=O)c2nn(-c3ccccc3Cl)cc2C)C1. The first-order valence-electron chi connectivity index (χ1n) is 8.78. The van der Waals surface area contributed by atoms with Crippen LogP contribution in [-0.4, -0.2) is 46.9 Å². The molecular weight excluding hydrogens is 338 g/mol. The zero-order valence-electron chi connectivity index (χ0n) is 14.7. The number of likely N-dealkylation sites (tertiary alicyclic amines) is 1. The van der Waals surface area contributed by atoms with Gasteiger partial charge in [-0.15, -0.1) is 0 Å². The number of nitrogens with zero attached hydrogens (tertiary/aromatic N) is 3. The smallest absolute Gasteiger partial charge is 0.274 e. The summed E-state index contributed by atoms with van der Waals surface area (Å²) in [6, 6.07) is 7.49. The summed E-state index contributed by atoms with van der Waals surface area (Å²) < 4.78 is 7.22. The van der Waals surface area contributed by atoms with E-state index in [1.54, 1.807) is 4.68 Å². The minimum Gasteiger partial charge on any atom is -0.381 e. The van der Waals surface area contributed by atoms with Crippen LogP contribution in [0.1, 0.15) is 35.8 Å². The second-order valence-corrected chi connectivity index (χ2v) is 6.88. The molecule has 1 atom stereocenters. The second kappa shape index (κ2) is 8.02. The van der Waals surface area contributed by atoms with E-state index < -0.39 is 0 Å². The van der Waals surface area contributed by atoms with E-state index in [1.807, 2.05) is 49.2 Å². The molecule has 25 heavy (non-hydrogen) atoms. The van der Waals surface area contributed by atoms with Crippen molar-refractivity contribution < 1.29 is 9.53 Å². The molecule has 134 valence electrons. The summed E-state index contributed by atoms with van der Waals surface area (Å²) in [6.07, 6.45) is 3.97. The van der Waals surface area contributed by atoms with Crippen LogP contribution in [0.2, 0.25) is 5.02 Å². The Morgan fingerprint density at radius 2 is 2.20 bits per heavy atom. The number of rotatable bonds is 5. The lowest BCUT2D eigenvalue weighted by Gasteiger charge is -2.32. The van der Waals surface area contributed by atoms with E-state index in [9.17, 15) is 4.79 Å². The number of aromatic nitrogens is 2. The quantitative estimate of drug-likeness (QED) is 0.815. The highest BCUT2D eigenvalue weighted by Gasteiger charge is 2.27. The molecule has 3 rings (SSSR count). The van der Waals surface area contributed by atoms with Crippen LogP contribution in [0, 0.1) is 12.8 Å². The van der Waals surface area contributed by atoms with Crippen molar-refractivity contribution in [2.75, 3.05) is 26.3 Å². The monoisotopic (exact) mass is 361 g/mol. The van der Waals surface area contributed by atoms with Gasteiger partial charge < -0.3 is 9.64 Å². The van der Waals surface area contributed by atoms with E-state index in [4.69, 9.17) is 16.3 Å². The fourth-order valence-electron chi connectivity index (χ4n) is 3.25. The van der Waals surface area contributed by atoms with Crippen molar-refractivity contribution in [3.63, 3.8) is 0 Å². The number of para-hydroxylation sites is 1. The van der Waals surface area contributed by atoms with Crippen molar-refractivity contribution in [2.24, 2.45) is 5.92 Å². The van der Waals surface area contributed by atoms with Gasteiger partial charge in [0.15, 0.2) is 5.69 Å². The molecule has 0 radical (unpaired) electrons. The summed E-state index contributed by atoms with van der Waals surface area (Å²) >= 11 is 6.25. The number of amides is 1. The Kier molecular flexibility index (Phi) is 5.76. The molecule has 5 nitrogen and oxygen atoms in total. The largest absolute Gasteiger partial charge is 0.381 e. The Morgan fingerprint density at radius 3 is 2.96 bits per heavy atom. The van der Waals surface area contributed by atoms with Crippen LogP contribution < -0.4 is 0 Å². The van der Waals surface area contributed by atoms with Gasteiger partial charge in [0.2, 0.25) is 0 Å². The molecule has 1 fully saturated rings. The predicted molar refractivity (Wildman–Crippen MR) is 98.4 cm³/mol. The summed E-state index contributed by atoms with van der Waals surface area (Å²) in [5.41, 5.74) is 2.13. The number of carbonyl (C=O) groups is 1. The third kappa shape index (κ3) is 4.05. The normalized spacial score (nSPS) is 17.7. The van der Waals surface area contributed by atoms with E-state index >= 15 is 0 Å². The van der Waals surface area contributed by atoms with Gasteiger partial charge in [-0.1, -0.05) is 23.7 Å². The van der Waals surface area contributed by atoms with E-state index in [0.29, 0.717) is 29.8 Å². The average molecular weight is 362 g/mol. The molecule has 6 heteroatoms. The van der Waals surface area contributed by atoms with Crippen LogP contribution in [-0.2, 0) is 4.74 Å². The van der Waals surface area contributed by atoms with Gasteiger partial charge in [-0.05, 0) is 44.7 Å². The van der Waals surface area contributed by atoms with Gasteiger partial charge in [-0.3, -0.25) is 4.79 Å². The van der Waals surface area contributed by atoms with Crippen molar-refractivity contribution >= 4 is 17.5 Å². The summed E-state index contributed by atoms with van der Waals surface area (Å²) in [7, 11) is 0. The second-order valence-electron chi connectivity index (χ2n) is 6.48. The molecule has 0 aliphatic carbocycles. The maximum Gasteiger partial charge on any atom is 0.274 e. The van der Waals surface area contributed by atoms with Crippen LogP contribution in [0.3, 0.4) is 0 Å². The Labute approximate surface area is 153 Å². The molecule has 1 unspecified atom stereocenters. The fourth-order valence-corrected chi connectivity index (χ4v) is 3.47. The van der Waals surface area contributed by atoms with Gasteiger partial charge >= 0.3 is 0 Å². The third-order valence-corrected chi connectivity index (χ3v) is 4.88. The van der Waals surface area contributed by atoms with Gasteiger partial charge in [-0.25, -0.2) is 4.68 Å². The first kappa shape index (κ1) is 18.0. The standard InChI is InChI=1S/C19H24ClN3O2/c1-3-25-13-15-7-6-10-22(12-15)19(24)18-14(2)11-23(21-18)17-9-5-4-8-16(17)20/h4-5,8-9,11,15H,3,6-7,10,12-13H2,1-2H3. The Hall–Kier alpha value is -1.85. The van der Waals surface area contributed by atoms with Gasteiger partial charge in [0.1, 0.15) is 0 Å². The Balaban J connectivity index is 1.77. The highest BCUT2D eigenvalue weighted by atomic mass is 35.5. The molecule has 0 spiro atoms. The van der Waals surface area contributed by atoms with E-state index in [2.05, 4.69) is 5.10 Å². The van der Waals surface area contributed by atoms with Crippen LogP contribution in [0.5, 0.6) is 0 Å². The van der Waals surface area contributed by atoms with Crippen LogP contribution >= 0.6 is 11.6 Å². The van der Waals surface area contributed by atoms with Gasteiger partial charge in [0, 0.05) is 31.5 Å². The maximum absolute atomic E-state index is 12.9. The number of hydrogen-bond acceptors (Lipinski definition) is 3. The molecule has 0 saturated carbocycles. The van der Waals surface area contributed by atoms with Crippen molar-refractivity contribution in [3.05, 3.63) is 46.7 Å². The van der Waals surface area contributed by atoms with Crippen molar-refractivity contribution in [3.8, 4) is 5.69 Å². The lowest BCUT2D eigenvalue weighted by Crippen LogP contribution is -2.41. The number of benzene rings is 1. The van der Waals surface area contributed by atoms with Crippen molar-refractivity contribution in [1.82, 2.24) is 14.7 Å². The minimum absolute atomic E-state index is 0.00972. The molecule has 1 amide bonds. The molecule has 2 heterocycles. The minimum atomic E-state index is -0.00972. The third-order valence-electron chi connectivity index (χ3n) is 4.56. The molecule has 0 bridgehead atoms. The molecule has 1 aliphatic rings. The average Bonchev–Trinajstić information content (AvgIpc) is 3.01. The fraction of sp³-hybridized carbons (Fsp3) is 0.474. The highest BCUT2D eigenvalue weighted by Crippen LogP contribution is 2.23. The molecule has 2 aromatic rings. The summed E-state index contributed by atoms with van der Waals surface area (Å²) in [5.74, 6) is 0.396. The summed E-state index contributed by atoms with van der Waals surface area (Å²) in [4.78, 5) is 14.8. The molecule has 1 aliphatic heterocycles. The Bertz CT molecular complexity index is 744. The van der Waals surface area contributed by atoms with Gasteiger partial charge in [-0.2, -0.15) is 5.10 Å². The van der Waals surface area contributed by atoms with Crippen molar-refractivity contribution in [2.45, 2.75) is 26.7 Å². The zero-order valence-corrected chi connectivity index (χ0v) is 15.5. The highest BCUT2D eigenvalue weighted by molar-refractivity contribution is 6.32. The van der Waals surface area contributed by atoms with Crippen molar-refractivity contribution in [1.29, 1.82) is 0 Å². The topological polar surface area (TPSA) is 47.4 Å². The van der Waals surface area contributed by atoms with E-state index in [1.165, 1.54) is 0 Å². The number of carbonyl (C=O) groups excluding carboxylic acids is 1.